The summed E-state index contributed by atoms with van der Waals surface area (Å²) in [4.78, 5) is 35.4. The molecule has 9 nitrogen and oxygen atoms in total. The number of anilines is 2. The molecule has 3 aromatic carbocycles. The highest BCUT2D eigenvalue weighted by molar-refractivity contribution is 5.94. The van der Waals surface area contributed by atoms with E-state index in [1.54, 1.807) is 48.5 Å². The largest absolute Gasteiger partial charge is 0.479 e. The van der Waals surface area contributed by atoms with Crippen LogP contribution in [0.15, 0.2) is 66.7 Å². The van der Waals surface area contributed by atoms with Gasteiger partial charge in [-0.2, -0.15) is 0 Å². The van der Waals surface area contributed by atoms with Crippen LogP contribution in [-0.4, -0.2) is 29.7 Å². The number of primary amides is 1. The Morgan fingerprint density at radius 1 is 1.00 bits per heavy atom. The summed E-state index contributed by atoms with van der Waals surface area (Å²) < 4.78 is 5.28. The first-order valence-corrected chi connectivity index (χ1v) is 11.0. The van der Waals surface area contributed by atoms with E-state index in [0.29, 0.717) is 29.9 Å². The van der Waals surface area contributed by atoms with Crippen molar-refractivity contribution in [2.75, 3.05) is 17.2 Å². The van der Waals surface area contributed by atoms with Gasteiger partial charge in [-0.1, -0.05) is 36.4 Å². The van der Waals surface area contributed by atoms with Crippen molar-refractivity contribution in [1.29, 1.82) is 0 Å². The zero-order chi connectivity index (χ0) is 25.4. The number of benzene rings is 3. The third-order valence-corrected chi connectivity index (χ3v) is 5.42. The van der Waals surface area contributed by atoms with Crippen molar-refractivity contribution in [3.63, 3.8) is 0 Å². The molecular formula is C26H28N4O5. The normalized spacial score (nSPS) is 11.4. The molecule has 0 saturated heterocycles. The van der Waals surface area contributed by atoms with Gasteiger partial charge in [0.1, 0.15) is 0 Å². The van der Waals surface area contributed by atoms with Crippen LogP contribution in [0, 0.1) is 6.92 Å². The molecule has 0 heterocycles. The fraction of sp³-hybridized carbons (Fsp3) is 0.192. The number of carboxylic acid groups (broad SMARTS) is 1. The van der Waals surface area contributed by atoms with Crippen molar-refractivity contribution in [2.45, 2.75) is 25.9 Å². The number of carboxylic acids is 1. The number of nitrogens with one attached hydrogen (secondary N) is 2. The van der Waals surface area contributed by atoms with Gasteiger partial charge < -0.3 is 26.6 Å². The first kappa shape index (κ1) is 25.3. The molecule has 0 spiro atoms. The number of ether oxygens (including phenoxy) is 1. The Kier molecular flexibility index (Phi) is 8.42. The van der Waals surface area contributed by atoms with Crippen LogP contribution in [-0.2, 0) is 22.5 Å². The molecule has 9 heteroatoms. The molecule has 1 atom stereocenters. The number of aliphatic carboxylic acids is 1. The number of hydrogen-bond donors (Lipinski definition) is 5. The Balaban J connectivity index is 1.61. The number of nitrogens with two attached hydrogens (primary N) is 2. The quantitative estimate of drug-likeness (QED) is 0.299. The van der Waals surface area contributed by atoms with Crippen LogP contribution < -0.4 is 22.1 Å². The van der Waals surface area contributed by atoms with Crippen molar-refractivity contribution in [3.05, 3.63) is 94.5 Å². The van der Waals surface area contributed by atoms with Gasteiger partial charge in [0.25, 0.3) is 0 Å². The lowest BCUT2D eigenvalue weighted by Gasteiger charge is -2.18. The summed E-state index contributed by atoms with van der Waals surface area (Å²) in [5.74, 6) is -1.67. The fourth-order valence-corrected chi connectivity index (χ4v) is 3.58. The van der Waals surface area contributed by atoms with E-state index in [9.17, 15) is 19.5 Å². The SMILES string of the molecule is Cc1cc(C(Nc2cccc(C(N)=O)c2)C(=O)O)ccc1CCOC(=O)Nc1cccc(CN)c1. The molecule has 2 amide bonds. The minimum Gasteiger partial charge on any atom is -0.479 e. The van der Waals surface area contributed by atoms with Crippen LogP contribution in [0.1, 0.15) is 38.7 Å². The molecule has 0 aromatic heterocycles. The van der Waals surface area contributed by atoms with Crippen molar-refractivity contribution < 1.29 is 24.2 Å². The van der Waals surface area contributed by atoms with E-state index in [2.05, 4.69) is 10.6 Å². The summed E-state index contributed by atoms with van der Waals surface area (Å²) in [5, 5.41) is 15.4. The van der Waals surface area contributed by atoms with Gasteiger partial charge in [-0.05, 0) is 59.5 Å². The smallest absolute Gasteiger partial charge is 0.411 e. The van der Waals surface area contributed by atoms with E-state index in [1.807, 2.05) is 19.1 Å². The highest BCUT2D eigenvalue weighted by atomic mass is 16.5. The van der Waals surface area contributed by atoms with Gasteiger partial charge in [0.05, 0.1) is 6.61 Å². The molecule has 3 aromatic rings. The first-order valence-electron chi connectivity index (χ1n) is 11.0. The Morgan fingerprint density at radius 2 is 1.74 bits per heavy atom. The van der Waals surface area contributed by atoms with Gasteiger partial charge >= 0.3 is 12.1 Å². The highest BCUT2D eigenvalue weighted by Crippen LogP contribution is 2.23. The predicted octanol–water partition coefficient (Wildman–Crippen LogP) is 3.58. The molecule has 3 rings (SSSR count). The van der Waals surface area contributed by atoms with Crippen LogP contribution in [0.3, 0.4) is 0 Å². The van der Waals surface area contributed by atoms with Crippen LogP contribution in [0.2, 0.25) is 0 Å². The van der Waals surface area contributed by atoms with E-state index in [-0.39, 0.29) is 12.2 Å². The lowest BCUT2D eigenvalue weighted by Crippen LogP contribution is -2.21. The Bertz CT molecular complexity index is 1230. The van der Waals surface area contributed by atoms with Crippen LogP contribution in [0.4, 0.5) is 16.2 Å². The minimum atomic E-state index is -1.07. The highest BCUT2D eigenvalue weighted by Gasteiger charge is 2.21. The van der Waals surface area contributed by atoms with Crippen LogP contribution in [0.5, 0.6) is 0 Å². The number of carbonyl (C=O) groups excluding carboxylic acids is 2. The third kappa shape index (κ3) is 7.05. The van der Waals surface area contributed by atoms with Crippen molar-refractivity contribution in [3.8, 4) is 0 Å². The standard InChI is InChI=1S/C26H28N4O5/c1-16-12-19(23(25(32)33)29-22-7-3-5-20(14-22)24(28)31)9-8-18(16)10-11-35-26(34)30-21-6-2-4-17(13-21)15-27/h2-9,12-14,23,29H,10-11,15,27H2,1H3,(H2,28,31)(H,30,34)(H,32,33). The summed E-state index contributed by atoms with van der Waals surface area (Å²) >= 11 is 0. The van der Waals surface area contributed by atoms with Gasteiger partial charge in [0, 0.05) is 29.9 Å². The molecule has 0 aliphatic rings. The number of amides is 2. The van der Waals surface area contributed by atoms with E-state index in [1.165, 1.54) is 6.07 Å². The summed E-state index contributed by atoms with van der Waals surface area (Å²) in [6.45, 7) is 2.39. The molecule has 182 valence electrons. The molecule has 0 aliphatic heterocycles. The average Bonchev–Trinajstić information content (AvgIpc) is 2.83. The minimum absolute atomic E-state index is 0.156. The number of hydrogen-bond acceptors (Lipinski definition) is 6. The van der Waals surface area contributed by atoms with Crippen molar-refractivity contribution >= 4 is 29.3 Å². The van der Waals surface area contributed by atoms with Crippen LogP contribution >= 0.6 is 0 Å². The molecule has 35 heavy (non-hydrogen) atoms. The van der Waals surface area contributed by atoms with Gasteiger partial charge in [-0.25, -0.2) is 9.59 Å². The van der Waals surface area contributed by atoms with E-state index < -0.39 is 24.0 Å². The van der Waals surface area contributed by atoms with E-state index in [4.69, 9.17) is 16.2 Å². The maximum absolute atomic E-state index is 12.1. The topological polar surface area (TPSA) is 157 Å². The Labute approximate surface area is 203 Å². The molecule has 0 aliphatic carbocycles. The molecule has 0 bridgehead atoms. The second kappa shape index (κ2) is 11.7. The predicted molar refractivity (Wildman–Crippen MR) is 133 cm³/mol. The number of aryl methyl sites for hydroxylation is 1. The van der Waals surface area contributed by atoms with Crippen molar-refractivity contribution in [2.24, 2.45) is 11.5 Å². The first-order chi connectivity index (χ1) is 16.8. The summed E-state index contributed by atoms with van der Waals surface area (Å²) in [7, 11) is 0. The molecule has 1 unspecified atom stereocenters. The van der Waals surface area contributed by atoms with Gasteiger partial charge in [-0.3, -0.25) is 10.1 Å². The Hall–Kier alpha value is -4.37. The molecule has 0 saturated carbocycles. The molecular weight excluding hydrogens is 448 g/mol. The van der Waals surface area contributed by atoms with E-state index in [0.717, 1.165) is 16.7 Å². The average molecular weight is 477 g/mol. The third-order valence-electron chi connectivity index (χ3n) is 5.42. The van der Waals surface area contributed by atoms with Crippen molar-refractivity contribution in [1.82, 2.24) is 0 Å². The van der Waals surface area contributed by atoms with Gasteiger partial charge in [0.2, 0.25) is 5.91 Å². The maximum Gasteiger partial charge on any atom is 0.411 e. The Morgan fingerprint density at radius 3 is 2.43 bits per heavy atom. The van der Waals surface area contributed by atoms with Gasteiger partial charge in [0.15, 0.2) is 6.04 Å². The number of carbonyl (C=O) groups is 3. The lowest BCUT2D eigenvalue weighted by molar-refractivity contribution is -0.138. The molecule has 7 N–H and O–H groups in total. The lowest BCUT2D eigenvalue weighted by atomic mass is 9.98. The number of rotatable bonds is 10. The maximum atomic E-state index is 12.1. The summed E-state index contributed by atoms with van der Waals surface area (Å²) in [6.07, 6.45) is -0.101. The molecule has 0 fully saturated rings. The van der Waals surface area contributed by atoms with Crippen LogP contribution in [0.25, 0.3) is 0 Å². The second-order valence-electron chi connectivity index (χ2n) is 7.96. The zero-order valence-corrected chi connectivity index (χ0v) is 19.3. The van der Waals surface area contributed by atoms with E-state index >= 15 is 0 Å². The van der Waals surface area contributed by atoms with Gasteiger partial charge in [-0.15, -0.1) is 0 Å². The summed E-state index contributed by atoms with van der Waals surface area (Å²) in [5.41, 5.74) is 15.5. The summed E-state index contributed by atoms with van der Waals surface area (Å²) in [6, 6.07) is 17.8. The fourth-order valence-electron chi connectivity index (χ4n) is 3.58. The molecule has 0 radical (unpaired) electrons. The zero-order valence-electron chi connectivity index (χ0n) is 19.3. The second-order valence-corrected chi connectivity index (χ2v) is 7.96. The monoisotopic (exact) mass is 476 g/mol.